The number of methoxy groups -OCH3 is 1. The second-order valence-electron chi connectivity index (χ2n) is 6.18. The Balaban J connectivity index is 2.01. The van der Waals surface area contributed by atoms with Gasteiger partial charge in [0.2, 0.25) is 0 Å². The van der Waals surface area contributed by atoms with Gasteiger partial charge in [-0.3, -0.25) is 0 Å². The van der Waals surface area contributed by atoms with Crippen LogP contribution in [-0.2, 0) is 11.3 Å². The number of ether oxygens (including phenoxy) is 2. The number of aliphatic carboxylic acids is 1. The van der Waals surface area contributed by atoms with Crippen molar-refractivity contribution in [1.82, 2.24) is 4.57 Å². The number of carbonyl (C=O) groups is 1. The molecule has 26 heavy (non-hydrogen) atoms. The number of benzene rings is 2. The van der Waals surface area contributed by atoms with Crippen LogP contribution in [0.5, 0.6) is 11.5 Å². The van der Waals surface area contributed by atoms with Gasteiger partial charge in [0.25, 0.3) is 0 Å². The zero-order valence-corrected chi connectivity index (χ0v) is 15.1. The first-order valence-corrected chi connectivity index (χ1v) is 8.74. The minimum atomic E-state index is -0.981. The fourth-order valence-electron chi connectivity index (χ4n) is 3.00. The summed E-state index contributed by atoms with van der Waals surface area (Å²) in [7, 11) is 1.64. The van der Waals surface area contributed by atoms with Gasteiger partial charge < -0.3 is 19.1 Å². The SMILES string of the molecule is CCCCn1cc(OCC(=O)O)c2cc(-c3ccc(OC)cc3)ccc21. The molecule has 0 bridgehead atoms. The van der Waals surface area contributed by atoms with Crippen molar-refractivity contribution < 1.29 is 19.4 Å². The van der Waals surface area contributed by atoms with E-state index in [1.165, 1.54) is 0 Å². The molecule has 0 aliphatic heterocycles. The van der Waals surface area contributed by atoms with Crippen LogP contribution in [0.15, 0.2) is 48.7 Å². The lowest BCUT2D eigenvalue weighted by atomic mass is 10.0. The average molecular weight is 353 g/mol. The summed E-state index contributed by atoms with van der Waals surface area (Å²) < 4.78 is 12.9. The van der Waals surface area contributed by atoms with Gasteiger partial charge in [0.1, 0.15) is 11.5 Å². The number of rotatable bonds is 8. The third-order valence-electron chi connectivity index (χ3n) is 4.37. The molecule has 1 aromatic heterocycles. The number of nitrogens with zero attached hydrogens (tertiary/aromatic N) is 1. The normalized spacial score (nSPS) is 10.8. The Labute approximate surface area is 152 Å². The highest BCUT2D eigenvalue weighted by Gasteiger charge is 2.12. The first-order valence-electron chi connectivity index (χ1n) is 8.74. The number of carboxylic acid groups (broad SMARTS) is 1. The number of carboxylic acids is 1. The van der Waals surface area contributed by atoms with Gasteiger partial charge in [-0.25, -0.2) is 4.79 Å². The van der Waals surface area contributed by atoms with Crippen LogP contribution in [0.2, 0.25) is 0 Å². The molecule has 136 valence electrons. The Kier molecular flexibility index (Phi) is 5.46. The fraction of sp³-hybridized carbons (Fsp3) is 0.286. The van der Waals surface area contributed by atoms with E-state index in [9.17, 15) is 4.79 Å². The average Bonchev–Trinajstić information content (AvgIpc) is 3.01. The second kappa shape index (κ2) is 7.95. The van der Waals surface area contributed by atoms with Crippen molar-refractivity contribution in [3.8, 4) is 22.6 Å². The van der Waals surface area contributed by atoms with Crippen molar-refractivity contribution in [2.45, 2.75) is 26.3 Å². The fourth-order valence-corrected chi connectivity index (χ4v) is 3.00. The van der Waals surface area contributed by atoms with E-state index in [0.717, 1.165) is 47.2 Å². The minimum absolute atomic E-state index is 0.348. The molecule has 1 heterocycles. The molecule has 3 rings (SSSR count). The Morgan fingerprint density at radius 1 is 1.12 bits per heavy atom. The molecule has 2 aromatic carbocycles. The van der Waals surface area contributed by atoms with E-state index >= 15 is 0 Å². The van der Waals surface area contributed by atoms with Crippen molar-refractivity contribution >= 4 is 16.9 Å². The highest BCUT2D eigenvalue weighted by atomic mass is 16.5. The lowest BCUT2D eigenvalue weighted by molar-refractivity contribution is -0.139. The number of fused-ring (bicyclic) bond motifs is 1. The van der Waals surface area contributed by atoms with Crippen LogP contribution in [0.3, 0.4) is 0 Å². The van der Waals surface area contributed by atoms with Crippen LogP contribution in [0, 0.1) is 0 Å². The van der Waals surface area contributed by atoms with Crippen molar-refractivity contribution in [3.63, 3.8) is 0 Å². The summed E-state index contributed by atoms with van der Waals surface area (Å²) in [6, 6.07) is 14.1. The van der Waals surface area contributed by atoms with Crippen LogP contribution in [-0.4, -0.2) is 29.4 Å². The van der Waals surface area contributed by atoms with Crippen LogP contribution in [0.1, 0.15) is 19.8 Å². The van der Waals surface area contributed by atoms with E-state index in [-0.39, 0.29) is 6.61 Å². The number of hydrogen-bond donors (Lipinski definition) is 1. The largest absolute Gasteiger partial charge is 0.497 e. The Morgan fingerprint density at radius 2 is 1.85 bits per heavy atom. The lowest BCUT2D eigenvalue weighted by Gasteiger charge is -2.07. The monoisotopic (exact) mass is 353 g/mol. The smallest absolute Gasteiger partial charge is 0.341 e. The zero-order valence-electron chi connectivity index (χ0n) is 15.1. The summed E-state index contributed by atoms with van der Waals surface area (Å²) in [6.07, 6.45) is 4.05. The predicted octanol–water partition coefficient (Wildman–Crippen LogP) is 4.58. The molecule has 3 aromatic rings. The molecule has 0 saturated carbocycles. The molecule has 0 spiro atoms. The second-order valence-corrected chi connectivity index (χ2v) is 6.18. The molecule has 0 amide bonds. The van der Waals surface area contributed by atoms with Gasteiger partial charge in [0.15, 0.2) is 6.61 Å². The van der Waals surface area contributed by atoms with E-state index in [4.69, 9.17) is 14.6 Å². The topological polar surface area (TPSA) is 60.7 Å². The molecule has 0 aliphatic rings. The summed E-state index contributed by atoms with van der Waals surface area (Å²) >= 11 is 0. The molecule has 0 radical (unpaired) electrons. The lowest BCUT2D eigenvalue weighted by Crippen LogP contribution is -2.09. The van der Waals surface area contributed by atoms with Gasteiger partial charge in [0.05, 0.1) is 12.6 Å². The van der Waals surface area contributed by atoms with Crippen LogP contribution < -0.4 is 9.47 Å². The minimum Gasteiger partial charge on any atom is -0.497 e. The summed E-state index contributed by atoms with van der Waals surface area (Å²) in [5.41, 5.74) is 3.17. The number of aromatic nitrogens is 1. The van der Waals surface area contributed by atoms with E-state index < -0.39 is 5.97 Å². The van der Waals surface area contributed by atoms with Crippen molar-refractivity contribution in [1.29, 1.82) is 0 Å². The third kappa shape index (κ3) is 3.82. The molecular formula is C21H23NO4. The van der Waals surface area contributed by atoms with Crippen LogP contribution in [0.4, 0.5) is 0 Å². The van der Waals surface area contributed by atoms with Gasteiger partial charge in [0, 0.05) is 18.1 Å². The predicted molar refractivity (Wildman–Crippen MR) is 102 cm³/mol. The summed E-state index contributed by atoms with van der Waals surface area (Å²) in [5, 5.41) is 9.86. The molecule has 5 heteroatoms. The molecular weight excluding hydrogens is 330 g/mol. The van der Waals surface area contributed by atoms with Crippen molar-refractivity contribution in [3.05, 3.63) is 48.7 Å². The van der Waals surface area contributed by atoms with Crippen molar-refractivity contribution in [2.75, 3.05) is 13.7 Å². The number of aryl methyl sites for hydroxylation is 1. The van der Waals surface area contributed by atoms with Crippen molar-refractivity contribution in [2.24, 2.45) is 0 Å². The zero-order chi connectivity index (χ0) is 18.5. The van der Waals surface area contributed by atoms with E-state index in [2.05, 4.69) is 29.7 Å². The number of unbranched alkanes of at least 4 members (excludes halogenated alkanes) is 1. The summed E-state index contributed by atoms with van der Waals surface area (Å²) in [4.78, 5) is 10.9. The van der Waals surface area contributed by atoms with E-state index in [0.29, 0.717) is 5.75 Å². The first kappa shape index (κ1) is 17.9. The van der Waals surface area contributed by atoms with Gasteiger partial charge in [-0.15, -0.1) is 0 Å². The Bertz CT molecular complexity index is 896. The van der Waals surface area contributed by atoms with Gasteiger partial charge in [-0.2, -0.15) is 0 Å². The maximum atomic E-state index is 10.9. The van der Waals surface area contributed by atoms with Crippen LogP contribution in [0.25, 0.3) is 22.0 Å². The Morgan fingerprint density at radius 3 is 2.50 bits per heavy atom. The molecule has 0 aliphatic carbocycles. The van der Waals surface area contributed by atoms with E-state index in [1.807, 2.05) is 30.5 Å². The highest BCUT2D eigenvalue weighted by Crippen LogP contribution is 2.33. The quantitative estimate of drug-likeness (QED) is 0.644. The standard InChI is InChI=1S/C21H23NO4/c1-3-4-11-22-13-20(26-14-21(23)24)18-12-16(7-10-19(18)22)15-5-8-17(25-2)9-6-15/h5-10,12-13H,3-4,11,14H2,1-2H3,(H,23,24). The van der Waals surface area contributed by atoms with Gasteiger partial charge >= 0.3 is 5.97 Å². The summed E-state index contributed by atoms with van der Waals surface area (Å²) in [5.74, 6) is 0.436. The van der Waals surface area contributed by atoms with E-state index in [1.54, 1.807) is 7.11 Å². The summed E-state index contributed by atoms with van der Waals surface area (Å²) in [6.45, 7) is 2.68. The van der Waals surface area contributed by atoms with Crippen LogP contribution >= 0.6 is 0 Å². The van der Waals surface area contributed by atoms with Gasteiger partial charge in [-0.05, 0) is 41.8 Å². The maximum Gasteiger partial charge on any atom is 0.341 e. The highest BCUT2D eigenvalue weighted by molar-refractivity contribution is 5.91. The molecule has 5 nitrogen and oxygen atoms in total. The molecule has 0 atom stereocenters. The van der Waals surface area contributed by atoms with Gasteiger partial charge in [-0.1, -0.05) is 31.5 Å². The first-order chi connectivity index (χ1) is 12.6. The maximum absolute atomic E-state index is 10.9. The molecule has 0 fully saturated rings. The molecule has 0 saturated heterocycles. The molecule has 1 N–H and O–H groups in total. The third-order valence-corrected chi connectivity index (χ3v) is 4.37. The molecule has 0 unspecified atom stereocenters. The Hall–Kier alpha value is -2.95. The number of hydrogen-bond acceptors (Lipinski definition) is 3.